The molecule has 0 N–H and O–H groups in total. The van der Waals surface area contributed by atoms with Gasteiger partial charge in [0, 0.05) is 42.8 Å². The predicted octanol–water partition coefficient (Wildman–Crippen LogP) is 5.28. The van der Waals surface area contributed by atoms with Crippen molar-refractivity contribution in [2.75, 3.05) is 33.3 Å². The monoisotopic (exact) mass is 511 g/mol. The van der Waals surface area contributed by atoms with Crippen LogP contribution in [0.3, 0.4) is 0 Å². The molecule has 7 nitrogen and oxygen atoms in total. The largest absolute Gasteiger partial charge is 0.492 e. The van der Waals surface area contributed by atoms with Crippen LogP contribution in [-0.2, 0) is 12.8 Å². The standard InChI is InChI=1S/C31H37N5O2/c1-7-35(6)11-9-23-14-27(26-13-21(4)33-18-20(26)3)25-10-12-36(31(37)28(25)15-23)22(5)29-16-30(38-8-2)24(17-32)19-34-29/h13-16,18-19,22H,7-12H2,1-6H3. The molecule has 0 fully saturated rings. The van der Waals surface area contributed by atoms with Crippen molar-refractivity contribution in [3.8, 4) is 22.9 Å². The summed E-state index contributed by atoms with van der Waals surface area (Å²) in [7, 11) is 2.12. The van der Waals surface area contributed by atoms with Gasteiger partial charge in [-0.25, -0.2) is 0 Å². The number of hydrogen-bond acceptors (Lipinski definition) is 6. The summed E-state index contributed by atoms with van der Waals surface area (Å²) in [5.41, 5.74) is 8.48. The third kappa shape index (κ3) is 5.56. The van der Waals surface area contributed by atoms with Gasteiger partial charge in [0.2, 0.25) is 0 Å². The van der Waals surface area contributed by atoms with E-state index in [0.29, 0.717) is 30.2 Å². The highest BCUT2D eigenvalue weighted by molar-refractivity contribution is 5.99. The number of likely N-dealkylation sites (N-methyl/N-ethyl adjacent to an activating group) is 1. The number of nitriles is 1. The molecule has 0 bridgehead atoms. The topological polar surface area (TPSA) is 82.3 Å². The lowest BCUT2D eigenvalue weighted by molar-refractivity contribution is 0.0669. The molecule has 0 radical (unpaired) electrons. The van der Waals surface area contributed by atoms with Gasteiger partial charge in [0.1, 0.15) is 17.4 Å². The Balaban J connectivity index is 1.75. The fourth-order valence-corrected chi connectivity index (χ4v) is 5.03. The van der Waals surface area contributed by atoms with Crippen molar-refractivity contribution in [1.29, 1.82) is 5.26 Å². The van der Waals surface area contributed by atoms with Crippen LogP contribution in [0, 0.1) is 25.2 Å². The average molecular weight is 512 g/mol. The fourth-order valence-electron chi connectivity index (χ4n) is 5.03. The summed E-state index contributed by atoms with van der Waals surface area (Å²) in [5, 5.41) is 9.41. The smallest absolute Gasteiger partial charge is 0.254 e. The molecule has 3 heterocycles. The minimum absolute atomic E-state index is 0.0123. The summed E-state index contributed by atoms with van der Waals surface area (Å²) in [5.74, 6) is 0.517. The van der Waals surface area contributed by atoms with Crippen molar-refractivity contribution in [3.05, 3.63) is 75.9 Å². The Labute approximate surface area is 226 Å². The van der Waals surface area contributed by atoms with Crippen LogP contribution in [0.5, 0.6) is 5.75 Å². The van der Waals surface area contributed by atoms with Crippen molar-refractivity contribution in [3.63, 3.8) is 0 Å². The molecule has 3 aromatic rings. The quantitative estimate of drug-likeness (QED) is 0.389. The number of nitrogens with zero attached hydrogens (tertiary/aromatic N) is 5. The van der Waals surface area contributed by atoms with Crippen LogP contribution in [0.4, 0.5) is 0 Å². The fraction of sp³-hybridized carbons (Fsp3) is 0.419. The number of carbonyl (C=O) groups is 1. The molecule has 1 aromatic carbocycles. The number of amides is 1. The van der Waals surface area contributed by atoms with Crippen LogP contribution in [0.25, 0.3) is 11.1 Å². The maximum absolute atomic E-state index is 14.0. The second kappa shape index (κ2) is 11.7. The number of ether oxygens (including phenoxy) is 1. The number of benzene rings is 1. The van der Waals surface area contributed by atoms with Crippen LogP contribution in [0.1, 0.15) is 70.8 Å². The average Bonchev–Trinajstić information content (AvgIpc) is 2.92. The molecule has 0 aliphatic carbocycles. The van der Waals surface area contributed by atoms with E-state index < -0.39 is 0 Å². The number of carbonyl (C=O) groups excluding carboxylic acids is 1. The lowest BCUT2D eigenvalue weighted by Crippen LogP contribution is -2.40. The van der Waals surface area contributed by atoms with Crippen molar-refractivity contribution < 1.29 is 9.53 Å². The molecule has 4 rings (SSSR count). The number of fused-ring (bicyclic) bond motifs is 1. The summed E-state index contributed by atoms with van der Waals surface area (Å²) >= 11 is 0. The third-order valence-electron chi connectivity index (χ3n) is 7.46. The summed E-state index contributed by atoms with van der Waals surface area (Å²) < 4.78 is 5.67. The first-order chi connectivity index (χ1) is 18.3. The minimum Gasteiger partial charge on any atom is -0.492 e. The molecule has 2 aromatic heterocycles. The Morgan fingerprint density at radius 3 is 2.58 bits per heavy atom. The molecule has 1 atom stereocenters. The van der Waals surface area contributed by atoms with Gasteiger partial charge in [-0.05, 0) is 94.1 Å². The third-order valence-corrected chi connectivity index (χ3v) is 7.46. The summed E-state index contributed by atoms with van der Waals surface area (Å²) in [6, 6.07) is 10.2. The molecule has 0 saturated heterocycles. The van der Waals surface area contributed by atoms with Gasteiger partial charge in [-0.15, -0.1) is 0 Å². The molecule has 7 heteroatoms. The number of pyridine rings is 2. The van der Waals surface area contributed by atoms with Crippen molar-refractivity contribution >= 4 is 5.91 Å². The van der Waals surface area contributed by atoms with Crippen molar-refractivity contribution in [1.82, 2.24) is 19.8 Å². The molecular weight excluding hydrogens is 474 g/mol. The van der Waals surface area contributed by atoms with Gasteiger partial charge in [-0.2, -0.15) is 5.26 Å². The zero-order valence-corrected chi connectivity index (χ0v) is 23.3. The number of aryl methyl sites for hydroxylation is 2. The van der Waals surface area contributed by atoms with Crippen LogP contribution >= 0.6 is 0 Å². The van der Waals surface area contributed by atoms with E-state index in [0.717, 1.165) is 65.0 Å². The normalized spacial score (nSPS) is 13.8. The van der Waals surface area contributed by atoms with E-state index in [1.54, 1.807) is 6.07 Å². The second-order valence-electron chi connectivity index (χ2n) is 10.0. The Hall–Kier alpha value is -3.76. The SMILES string of the molecule is CCOc1cc(C(C)N2CCc3c(cc(CCN(C)CC)cc3-c3cc(C)ncc3C)C2=O)ncc1C#N. The highest BCUT2D eigenvalue weighted by atomic mass is 16.5. The molecule has 0 saturated carbocycles. The van der Waals surface area contributed by atoms with E-state index in [2.05, 4.69) is 60.0 Å². The Morgan fingerprint density at radius 2 is 1.87 bits per heavy atom. The Bertz CT molecular complexity index is 1380. The maximum Gasteiger partial charge on any atom is 0.254 e. The van der Waals surface area contributed by atoms with Crippen LogP contribution in [-0.4, -0.2) is 59.0 Å². The van der Waals surface area contributed by atoms with E-state index in [1.165, 1.54) is 6.20 Å². The molecule has 1 aliphatic rings. The van der Waals surface area contributed by atoms with Gasteiger partial charge in [-0.1, -0.05) is 13.0 Å². The van der Waals surface area contributed by atoms with Gasteiger partial charge in [0.15, 0.2) is 0 Å². The lowest BCUT2D eigenvalue weighted by atomic mass is 9.86. The van der Waals surface area contributed by atoms with E-state index in [9.17, 15) is 10.1 Å². The lowest BCUT2D eigenvalue weighted by Gasteiger charge is -2.35. The first-order valence-electron chi connectivity index (χ1n) is 13.4. The van der Waals surface area contributed by atoms with Gasteiger partial charge in [0.05, 0.1) is 18.3 Å². The zero-order chi connectivity index (χ0) is 27.4. The highest BCUT2D eigenvalue weighted by Crippen LogP contribution is 2.36. The van der Waals surface area contributed by atoms with Gasteiger partial charge in [0.25, 0.3) is 5.91 Å². The number of rotatable bonds is 9. The van der Waals surface area contributed by atoms with Gasteiger partial charge < -0.3 is 14.5 Å². The molecule has 1 amide bonds. The van der Waals surface area contributed by atoms with E-state index >= 15 is 0 Å². The van der Waals surface area contributed by atoms with E-state index in [4.69, 9.17) is 4.74 Å². The Kier molecular flexibility index (Phi) is 8.43. The number of hydrogen-bond donors (Lipinski definition) is 0. The number of aromatic nitrogens is 2. The van der Waals surface area contributed by atoms with Crippen LogP contribution in [0.2, 0.25) is 0 Å². The minimum atomic E-state index is -0.258. The highest BCUT2D eigenvalue weighted by Gasteiger charge is 2.32. The molecule has 1 unspecified atom stereocenters. The van der Waals surface area contributed by atoms with Crippen molar-refractivity contribution in [2.24, 2.45) is 0 Å². The van der Waals surface area contributed by atoms with Gasteiger partial charge >= 0.3 is 0 Å². The van der Waals surface area contributed by atoms with Crippen LogP contribution < -0.4 is 4.74 Å². The second-order valence-corrected chi connectivity index (χ2v) is 10.0. The predicted molar refractivity (Wildman–Crippen MR) is 149 cm³/mol. The Morgan fingerprint density at radius 1 is 1.11 bits per heavy atom. The summed E-state index contributed by atoms with van der Waals surface area (Å²) in [6.45, 7) is 13.1. The maximum atomic E-state index is 14.0. The van der Waals surface area contributed by atoms with Crippen LogP contribution in [0.15, 0.2) is 36.7 Å². The molecule has 198 valence electrons. The summed E-state index contributed by atoms with van der Waals surface area (Å²) in [6.07, 6.45) is 5.07. The van der Waals surface area contributed by atoms with Crippen molar-refractivity contribution in [2.45, 2.75) is 53.5 Å². The molecule has 0 spiro atoms. The molecular formula is C31H37N5O2. The first kappa shape index (κ1) is 27.3. The van der Waals surface area contributed by atoms with E-state index in [-0.39, 0.29) is 11.9 Å². The zero-order valence-electron chi connectivity index (χ0n) is 23.3. The molecule has 38 heavy (non-hydrogen) atoms. The van der Waals surface area contributed by atoms with E-state index in [1.807, 2.05) is 31.9 Å². The molecule has 1 aliphatic heterocycles. The summed E-state index contributed by atoms with van der Waals surface area (Å²) in [4.78, 5) is 27.2. The first-order valence-corrected chi connectivity index (χ1v) is 13.4. The van der Waals surface area contributed by atoms with Gasteiger partial charge in [-0.3, -0.25) is 14.8 Å².